The van der Waals surface area contributed by atoms with Crippen LogP contribution in [0, 0.1) is 12.8 Å². The Kier molecular flexibility index (Phi) is 4.40. The summed E-state index contributed by atoms with van der Waals surface area (Å²) >= 11 is 1.77. The Labute approximate surface area is 156 Å². The molecule has 4 rings (SSSR count). The standard InChI is InChI=1S/C18H24N6OS/c1-10-5-6-13-12(9-10)14-16-21-15(17(25)19-7-8-23(3)4)22-24(16)11(2)20-18(14)26-13/h10H,5-9H2,1-4H3,(H,19,25)/p+1/t10-/m0/s1. The maximum Gasteiger partial charge on any atom is 0.291 e. The zero-order chi connectivity index (χ0) is 18.4. The summed E-state index contributed by atoms with van der Waals surface area (Å²) in [5.41, 5.74) is 2.12. The van der Waals surface area contributed by atoms with Gasteiger partial charge in [0.15, 0.2) is 5.65 Å². The second-order valence-corrected chi connectivity index (χ2v) is 8.66. The van der Waals surface area contributed by atoms with Gasteiger partial charge in [-0.15, -0.1) is 16.4 Å². The number of fused-ring (bicyclic) bond motifs is 5. The molecule has 1 atom stereocenters. The third-order valence-electron chi connectivity index (χ3n) is 5.00. The van der Waals surface area contributed by atoms with E-state index in [-0.39, 0.29) is 11.7 Å². The maximum atomic E-state index is 12.4. The van der Waals surface area contributed by atoms with Gasteiger partial charge in [-0.3, -0.25) is 4.79 Å². The molecule has 0 saturated heterocycles. The van der Waals surface area contributed by atoms with Gasteiger partial charge in [-0.25, -0.2) is 9.97 Å². The van der Waals surface area contributed by atoms with E-state index in [0.717, 1.165) is 41.1 Å². The average Bonchev–Trinajstić information content (AvgIpc) is 3.15. The number of amides is 1. The Hall–Kier alpha value is -2.06. The molecule has 0 spiro atoms. The van der Waals surface area contributed by atoms with Crippen molar-refractivity contribution in [3.63, 3.8) is 0 Å². The first-order valence-corrected chi connectivity index (χ1v) is 10.0. The van der Waals surface area contributed by atoms with Gasteiger partial charge in [-0.2, -0.15) is 4.52 Å². The lowest BCUT2D eigenvalue weighted by molar-refractivity contribution is -0.856. The number of carbonyl (C=O) groups excluding carboxylic acids is 1. The normalized spacial score (nSPS) is 17.2. The van der Waals surface area contributed by atoms with Crippen LogP contribution in [0.2, 0.25) is 0 Å². The van der Waals surface area contributed by atoms with Gasteiger partial charge < -0.3 is 10.2 Å². The molecule has 2 N–H and O–H groups in total. The molecular formula is C18H25N6OS+. The third kappa shape index (κ3) is 2.97. The fraction of sp³-hybridized carbons (Fsp3) is 0.556. The molecule has 7 nitrogen and oxygen atoms in total. The summed E-state index contributed by atoms with van der Waals surface area (Å²) < 4.78 is 1.72. The van der Waals surface area contributed by atoms with Crippen molar-refractivity contribution in [3.05, 3.63) is 22.1 Å². The third-order valence-corrected chi connectivity index (χ3v) is 6.19. The van der Waals surface area contributed by atoms with Crippen LogP contribution < -0.4 is 10.2 Å². The molecule has 0 aromatic carbocycles. The smallest absolute Gasteiger partial charge is 0.291 e. The molecule has 1 aliphatic carbocycles. The lowest BCUT2D eigenvalue weighted by Crippen LogP contribution is -3.06. The SMILES string of the molecule is Cc1nc2sc3c(c2c2nc(C(=O)NCC[NH+](C)C)nn12)C[C@@H](C)CC3. The van der Waals surface area contributed by atoms with Crippen molar-refractivity contribution >= 4 is 33.1 Å². The lowest BCUT2D eigenvalue weighted by atomic mass is 9.89. The summed E-state index contributed by atoms with van der Waals surface area (Å²) in [6.07, 6.45) is 3.39. The first-order chi connectivity index (χ1) is 12.4. The highest BCUT2D eigenvalue weighted by molar-refractivity contribution is 7.19. The maximum absolute atomic E-state index is 12.4. The number of aromatic nitrogens is 4. The quantitative estimate of drug-likeness (QED) is 0.704. The van der Waals surface area contributed by atoms with Crippen molar-refractivity contribution in [1.29, 1.82) is 0 Å². The Balaban J connectivity index is 1.77. The van der Waals surface area contributed by atoms with Crippen LogP contribution in [0.1, 0.15) is 40.2 Å². The molecule has 138 valence electrons. The monoisotopic (exact) mass is 373 g/mol. The summed E-state index contributed by atoms with van der Waals surface area (Å²) in [7, 11) is 4.11. The Morgan fingerprint density at radius 2 is 2.19 bits per heavy atom. The van der Waals surface area contributed by atoms with Gasteiger partial charge in [0.25, 0.3) is 5.91 Å². The van der Waals surface area contributed by atoms with E-state index >= 15 is 0 Å². The van der Waals surface area contributed by atoms with Gasteiger partial charge in [0.1, 0.15) is 10.7 Å². The zero-order valence-electron chi connectivity index (χ0n) is 15.7. The fourth-order valence-electron chi connectivity index (χ4n) is 3.55. The van der Waals surface area contributed by atoms with Crippen molar-refractivity contribution in [3.8, 4) is 0 Å². The summed E-state index contributed by atoms with van der Waals surface area (Å²) in [6, 6.07) is 0. The van der Waals surface area contributed by atoms with Crippen LogP contribution in [0.3, 0.4) is 0 Å². The molecule has 3 aromatic rings. The van der Waals surface area contributed by atoms with E-state index in [4.69, 9.17) is 4.98 Å². The van der Waals surface area contributed by atoms with Gasteiger partial charge in [0, 0.05) is 4.88 Å². The Morgan fingerprint density at radius 3 is 2.96 bits per heavy atom. The number of rotatable bonds is 4. The number of quaternary nitrogens is 1. The highest BCUT2D eigenvalue weighted by atomic mass is 32.1. The average molecular weight is 374 g/mol. The summed E-state index contributed by atoms with van der Waals surface area (Å²) in [6.45, 7) is 5.68. The van der Waals surface area contributed by atoms with Gasteiger partial charge in [0.2, 0.25) is 5.82 Å². The van der Waals surface area contributed by atoms with E-state index in [9.17, 15) is 4.79 Å². The number of hydrogen-bond acceptors (Lipinski definition) is 5. The summed E-state index contributed by atoms with van der Waals surface area (Å²) in [5.74, 6) is 1.43. The fourth-order valence-corrected chi connectivity index (χ4v) is 4.80. The number of nitrogens with one attached hydrogen (secondary N) is 2. The summed E-state index contributed by atoms with van der Waals surface area (Å²) in [4.78, 5) is 25.5. The van der Waals surface area contributed by atoms with Crippen LogP contribution in [0.25, 0.3) is 15.9 Å². The number of hydrogen-bond donors (Lipinski definition) is 2. The molecule has 26 heavy (non-hydrogen) atoms. The summed E-state index contributed by atoms with van der Waals surface area (Å²) in [5, 5.41) is 8.43. The molecule has 0 unspecified atom stereocenters. The second kappa shape index (κ2) is 6.59. The minimum atomic E-state index is -0.222. The number of nitrogens with zero attached hydrogens (tertiary/aromatic N) is 4. The first-order valence-electron chi connectivity index (χ1n) is 9.19. The van der Waals surface area contributed by atoms with E-state index < -0.39 is 0 Å². The van der Waals surface area contributed by atoms with Crippen LogP contribution in [0.15, 0.2) is 0 Å². The molecule has 0 radical (unpaired) electrons. The molecule has 0 fully saturated rings. The molecular weight excluding hydrogens is 348 g/mol. The van der Waals surface area contributed by atoms with Gasteiger partial charge in [-0.1, -0.05) is 6.92 Å². The van der Waals surface area contributed by atoms with Crippen LogP contribution in [-0.2, 0) is 12.8 Å². The van der Waals surface area contributed by atoms with Crippen molar-refractivity contribution in [2.24, 2.45) is 5.92 Å². The lowest BCUT2D eigenvalue weighted by Gasteiger charge is -2.17. The first kappa shape index (κ1) is 17.4. The number of likely N-dealkylation sites (N-methyl/N-ethyl adjacent to an activating group) is 1. The van der Waals surface area contributed by atoms with E-state index in [1.165, 1.54) is 21.8 Å². The predicted octanol–water partition coefficient (Wildman–Crippen LogP) is 0.647. The number of thiophene rings is 1. The van der Waals surface area contributed by atoms with Gasteiger partial charge >= 0.3 is 0 Å². The van der Waals surface area contributed by atoms with Crippen LogP contribution in [0.5, 0.6) is 0 Å². The van der Waals surface area contributed by atoms with E-state index in [2.05, 4.69) is 36.4 Å². The molecule has 0 bridgehead atoms. The van der Waals surface area contributed by atoms with Gasteiger partial charge in [0.05, 0.1) is 32.6 Å². The van der Waals surface area contributed by atoms with E-state index in [1.54, 1.807) is 15.9 Å². The molecule has 3 aromatic heterocycles. The van der Waals surface area contributed by atoms with Crippen LogP contribution in [-0.4, -0.2) is 52.7 Å². The van der Waals surface area contributed by atoms with Crippen molar-refractivity contribution in [2.45, 2.75) is 33.1 Å². The van der Waals surface area contributed by atoms with E-state index in [1.807, 2.05) is 6.92 Å². The zero-order valence-corrected chi connectivity index (χ0v) is 16.5. The molecule has 0 saturated carbocycles. The molecule has 1 aliphatic rings. The van der Waals surface area contributed by atoms with Crippen LogP contribution >= 0.6 is 11.3 Å². The highest BCUT2D eigenvalue weighted by Crippen LogP contribution is 2.38. The van der Waals surface area contributed by atoms with Crippen molar-refractivity contribution < 1.29 is 9.69 Å². The topological polar surface area (TPSA) is 76.6 Å². The second-order valence-electron chi connectivity index (χ2n) is 7.57. The van der Waals surface area contributed by atoms with Gasteiger partial charge in [-0.05, 0) is 37.7 Å². The van der Waals surface area contributed by atoms with E-state index in [0.29, 0.717) is 12.5 Å². The number of carbonyl (C=O) groups is 1. The minimum Gasteiger partial charge on any atom is -0.344 e. The molecule has 8 heteroatoms. The predicted molar refractivity (Wildman–Crippen MR) is 102 cm³/mol. The minimum absolute atomic E-state index is 0.222. The van der Waals surface area contributed by atoms with Crippen LogP contribution in [0.4, 0.5) is 0 Å². The Bertz CT molecular complexity index is 989. The Morgan fingerprint density at radius 1 is 1.38 bits per heavy atom. The largest absolute Gasteiger partial charge is 0.344 e. The number of aryl methyl sites for hydroxylation is 2. The molecule has 1 amide bonds. The molecule has 0 aliphatic heterocycles. The van der Waals surface area contributed by atoms with Crippen molar-refractivity contribution in [2.75, 3.05) is 27.2 Å². The highest BCUT2D eigenvalue weighted by Gasteiger charge is 2.25. The molecule has 3 heterocycles. The van der Waals surface area contributed by atoms with Crippen molar-refractivity contribution in [1.82, 2.24) is 24.9 Å².